The molecule has 0 saturated carbocycles. The maximum Gasteiger partial charge on any atom is 0.264 e. The summed E-state index contributed by atoms with van der Waals surface area (Å²) >= 11 is 6.01. The van der Waals surface area contributed by atoms with Gasteiger partial charge in [-0.3, -0.25) is 9.63 Å². The van der Waals surface area contributed by atoms with Crippen molar-refractivity contribution in [3.63, 3.8) is 0 Å². The average molecular weight is 399 g/mol. The molecule has 0 saturated heterocycles. The topological polar surface area (TPSA) is 84.9 Å². The third-order valence-corrected chi connectivity index (χ3v) is 5.54. The van der Waals surface area contributed by atoms with Gasteiger partial charge in [-0.05, 0) is 35.9 Å². The van der Waals surface area contributed by atoms with Gasteiger partial charge in [-0.15, -0.1) is 0 Å². The van der Waals surface area contributed by atoms with Crippen LogP contribution in [-0.4, -0.2) is 39.6 Å². The summed E-state index contributed by atoms with van der Waals surface area (Å²) in [5.74, 6) is -0.360. The number of nitrogens with zero attached hydrogens (tertiary/aromatic N) is 1. The monoisotopic (exact) mass is 398 g/mol. The largest absolute Gasteiger partial charge is 0.367 e. The van der Waals surface area contributed by atoms with Crippen LogP contribution in [0.3, 0.4) is 0 Å². The van der Waals surface area contributed by atoms with Crippen LogP contribution in [0.15, 0.2) is 53.4 Å². The number of carbonyl (C=O) groups is 1. The lowest BCUT2D eigenvalue weighted by molar-refractivity contribution is -0.121. The molecule has 7 nitrogen and oxygen atoms in total. The van der Waals surface area contributed by atoms with Crippen LogP contribution in [0.1, 0.15) is 5.56 Å². The minimum atomic E-state index is -3.72. The smallest absolute Gasteiger partial charge is 0.264 e. The molecule has 1 amide bonds. The second-order valence-electron chi connectivity index (χ2n) is 5.25. The first-order valence-corrected chi connectivity index (χ1v) is 9.40. The number of hydroxylamine groups is 1. The van der Waals surface area contributed by atoms with Gasteiger partial charge in [0.05, 0.1) is 18.6 Å². The zero-order chi connectivity index (χ0) is 19.2. The first-order valence-electron chi connectivity index (χ1n) is 7.58. The molecule has 0 heterocycles. The van der Waals surface area contributed by atoms with Crippen LogP contribution in [-0.2, 0) is 31.0 Å². The van der Waals surface area contributed by atoms with Crippen LogP contribution in [0.2, 0.25) is 5.02 Å². The second-order valence-corrected chi connectivity index (χ2v) is 7.60. The Kier molecular flexibility index (Phi) is 7.13. The van der Waals surface area contributed by atoms with Crippen molar-refractivity contribution < 1.29 is 22.8 Å². The van der Waals surface area contributed by atoms with Crippen molar-refractivity contribution in [2.45, 2.75) is 11.5 Å². The molecule has 0 aliphatic carbocycles. The number of carbonyl (C=O) groups excluding carboxylic acids is 1. The molecule has 9 heteroatoms. The number of ether oxygens (including phenoxy) is 1. The second kappa shape index (κ2) is 9.11. The van der Waals surface area contributed by atoms with Crippen molar-refractivity contribution in [1.29, 1.82) is 0 Å². The average Bonchev–Trinajstić information content (AvgIpc) is 2.63. The fourth-order valence-corrected chi connectivity index (χ4v) is 3.19. The highest BCUT2D eigenvalue weighted by Gasteiger charge is 2.20. The highest BCUT2D eigenvalue weighted by molar-refractivity contribution is 7.89. The number of anilines is 1. The number of hydrogen-bond acceptors (Lipinski definition) is 5. The van der Waals surface area contributed by atoms with Gasteiger partial charge in [0.2, 0.25) is 5.91 Å². The van der Waals surface area contributed by atoms with Crippen molar-refractivity contribution in [2.75, 3.05) is 26.1 Å². The summed E-state index contributed by atoms with van der Waals surface area (Å²) in [5, 5.41) is 3.20. The van der Waals surface area contributed by atoms with Gasteiger partial charge in [0.15, 0.2) is 0 Å². The summed E-state index contributed by atoms with van der Waals surface area (Å²) in [7, 11) is -1.17. The summed E-state index contributed by atoms with van der Waals surface area (Å²) in [5.41, 5.74) is 1.24. The van der Waals surface area contributed by atoms with E-state index in [1.54, 1.807) is 6.07 Å². The van der Waals surface area contributed by atoms with Crippen molar-refractivity contribution in [2.24, 2.45) is 0 Å². The molecule has 0 fully saturated rings. The number of amides is 1. The summed E-state index contributed by atoms with van der Waals surface area (Å²) < 4.78 is 30.3. The molecule has 0 aromatic heterocycles. The van der Waals surface area contributed by atoms with E-state index in [2.05, 4.69) is 5.32 Å². The number of halogens is 1. The Bertz CT molecular complexity index is 856. The summed E-state index contributed by atoms with van der Waals surface area (Å²) in [6, 6.07) is 12.9. The first-order chi connectivity index (χ1) is 12.3. The fourth-order valence-electron chi connectivity index (χ4n) is 2.02. The molecule has 2 aromatic rings. The highest BCUT2D eigenvalue weighted by Crippen LogP contribution is 2.18. The third-order valence-electron chi connectivity index (χ3n) is 3.48. The Hall–Kier alpha value is -1.97. The molecule has 0 bridgehead atoms. The molecule has 0 aliphatic rings. The SMILES string of the molecule is CON(C)S(=O)(=O)c1ccc(NC(=O)COCc2ccccc2Cl)cc1. The van der Waals surface area contributed by atoms with Gasteiger partial charge in [-0.25, -0.2) is 8.42 Å². The predicted molar refractivity (Wildman–Crippen MR) is 98.1 cm³/mol. The van der Waals surface area contributed by atoms with E-state index in [1.165, 1.54) is 38.4 Å². The van der Waals surface area contributed by atoms with Gasteiger partial charge in [-0.1, -0.05) is 34.3 Å². The number of sulfonamides is 1. The van der Waals surface area contributed by atoms with Crippen LogP contribution in [0.4, 0.5) is 5.69 Å². The molecule has 0 spiro atoms. The lowest BCUT2D eigenvalue weighted by Crippen LogP contribution is -2.25. The molecule has 140 valence electrons. The molecule has 0 aliphatic heterocycles. The van der Waals surface area contributed by atoms with Crippen LogP contribution in [0, 0.1) is 0 Å². The molecular weight excluding hydrogens is 380 g/mol. The standard InChI is InChI=1S/C17H19ClN2O5S/c1-20(24-2)26(22,23)15-9-7-14(8-10-15)19-17(21)12-25-11-13-5-3-4-6-16(13)18/h3-10H,11-12H2,1-2H3,(H,19,21). The van der Waals surface area contributed by atoms with Gasteiger partial charge in [0.25, 0.3) is 10.0 Å². The van der Waals surface area contributed by atoms with E-state index in [4.69, 9.17) is 21.2 Å². The summed E-state index contributed by atoms with van der Waals surface area (Å²) in [6.07, 6.45) is 0. The van der Waals surface area contributed by atoms with Crippen LogP contribution in [0.25, 0.3) is 0 Å². The maximum atomic E-state index is 12.1. The maximum absolute atomic E-state index is 12.1. The lowest BCUT2D eigenvalue weighted by Gasteiger charge is -2.14. The van der Waals surface area contributed by atoms with Crippen molar-refractivity contribution in [1.82, 2.24) is 4.47 Å². The third kappa shape index (κ3) is 5.26. The van der Waals surface area contributed by atoms with E-state index in [-0.39, 0.29) is 24.0 Å². The Balaban J connectivity index is 1.88. The normalized spacial score (nSPS) is 11.5. The molecule has 0 atom stereocenters. The van der Waals surface area contributed by atoms with Crippen molar-refractivity contribution in [3.8, 4) is 0 Å². The van der Waals surface area contributed by atoms with Crippen LogP contribution < -0.4 is 5.32 Å². The lowest BCUT2D eigenvalue weighted by atomic mass is 10.2. The number of rotatable bonds is 8. The van der Waals surface area contributed by atoms with Crippen LogP contribution >= 0.6 is 11.6 Å². The number of nitrogens with one attached hydrogen (secondary N) is 1. The predicted octanol–water partition coefficient (Wildman–Crippen LogP) is 2.68. The molecule has 2 rings (SSSR count). The molecule has 1 N–H and O–H groups in total. The molecule has 2 aromatic carbocycles. The van der Waals surface area contributed by atoms with Gasteiger partial charge < -0.3 is 10.1 Å². The van der Waals surface area contributed by atoms with E-state index >= 15 is 0 Å². The van der Waals surface area contributed by atoms with Crippen LogP contribution in [0.5, 0.6) is 0 Å². The zero-order valence-corrected chi connectivity index (χ0v) is 15.9. The van der Waals surface area contributed by atoms with E-state index in [1.807, 2.05) is 18.2 Å². The van der Waals surface area contributed by atoms with Gasteiger partial charge >= 0.3 is 0 Å². The minimum Gasteiger partial charge on any atom is -0.367 e. The van der Waals surface area contributed by atoms with Crippen molar-refractivity contribution in [3.05, 3.63) is 59.1 Å². The van der Waals surface area contributed by atoms with E-state index in [0.29, 0.717) is 10.7 Å². The van der Waals surface area contributed by atoms with E-state index in [0.717, 1.165) is 10.0 Å². The quantitative estimate of drug-likeness (QED) is 0.691. The molecular formula is C17H19ClN2O5S. The Labute approximate surface area is 157 Å². The van der Waals surface area contributed by atoms with E-state index < -0.39 is 10.0 Å². The van der Waals surface area contributed by atoms with E-state index in [9.17, 15) is 13.2 Å². The van der Waals surface area contributed by atoms with Crippen molar-refractivity contribution >= 4 is 33.2 Å². The van der Waals surface area contributed by atoms with Gasteiger partial charge in [-0.2, -0.15) is 0 Å². The Morgan fingerprint density at radius 2 is 1.81 bits per heavy atom. The molecule has 26 heavy (non-hydrogen) atoms. The number of benzene rings is 2. The number of hydrogen-bond donors (Lipinski definition) is 1. The van der Waals surface area contributed by atoms with Gasteiger partial charge in [0.1, 0.15) is 6.61 Å². The fraction of sp³-hybridized carbons (Fsp3) is 0.235. The van der Waals surface area contributed by atoms with Gasteiger partial charge in [0, 0.05) is 17.8 Å². The molecule has 0 unspecified atom stereocenters. The zero-order valence-electron chi connectivity index (χ0n) is 14.3. The highest BCUT2D eigenvalue weighted by atomic mass is 35.5. The summed E-state index contributed by atoms with van der Waals surface area (Å²) in [4.78, 5) is 16.7. The minimum absolute atomic E-state index is 0.0508. The molecule has 0 radical (unpaired) electrons. The first kappa shape index (κ1) is 20.3. The summed E-state index contributed by atoms with van der Waals surface area (Å²) in [6.45, 7) is 0.0608. The Morgan fingerprint density at radius 3 is 2.42 bits per heavy atom. The Morgan fingerprint density at radius 1 is 1.15 bits per heavy atom.